The van der Waals surface area contributed by atoms with Gasteiger partial charge in [-0.15, -0.1) is 12.4 Å². The van der Waals surface area contributed by atoms with Gasteiger partial charge in [0.1, 0.15) is 0 Å². The molecule has 0 aliphatic carbocycles. The summed E-state index contributed by atoms with van der Waals surface area (Å²) >= 11 is 0. The molecule has 1 saturated heterocycles. The molecule has 1 aliphatic heterocycles. The van der Waals surface area contributed by atoms with Gasteiger partial charge < -0.3 is 5.32 Å². The van der Waals surface area contributed by atoms with E-state index in [1.807, 2.05) is 26.8 Å². The molecule has 6 heteroatoms. The van der Waals surface area contributed by atoms with E-state index in [4.69, 9.17) is 0 Å². The SMILES string of the molecule is Cc1ccc(S(=O)(=O)NC(C)C2CCCNC2)cc1C.Cl. The predicted octanol–water partition coefficient (Wildman–Crippen LogP) is 2.39. The van der Waals surface area contributed by atoms with Gasteiger partial charge in [-0.3, -0.25) is 0 Å². The molecule has 1 aromatic carbocycles. The number of aryl methyl sites for hydroxylation is 2. The van der Waals surface area contributed by atoms with E-state index in [1.54, 1.807) is 12.1 Å². The van der Waals surface area contributed by atoms with Gasteiger partial charge in [0.15, 0.2) is 0 Å². The maximum Gasteiger partial charge on any atom is 0.240 e. The highest BCUT2D eigenvalue weighted by molar-refractivity contribution is 7.89. The quantitative estimate of drug-likeness (QED) is 0.890. The van der Waals surface area contributed by atoms with Crippen molar-refractivity contribution in [1.82, 2.24) is 10.0 Å². The maximum atomic E-state index is 12.4. The van der Waals surface area contributed by atoms with Crippen molar-refractivity contribution in [3.05, 3.63) is 29.3 Å². The molecule has 21 heavy (non-hydrogen) atoms. The highest BCUT2D eigenvalue weighted by atomic mass is 35.5. The van der Waals surface area contributed by atoms with Crippen molar-refractivity contribution in [2.75, 3.05) is 13.1 Å². The molecule has 0 aromatic heterocycles. The summed E-state index contributed by atoms with van der Waals surface area (Å²) in [4.78, 5) is 0.358. The minimum atomic E-state index is -3.43. The monoisotopic (exact) mass is 332 g/mol. The first-order valence-corrected chi connectivity index (χ1v) is 8.69. The van der Waals surface area contributed by atoms with Crippen molar-refractivity contribution in [3.8, 4) is 0 Å². The Morgan fingerprint density at radius 1 is 1.29 bits per heavy atom. The fourth-order valence-electron chi connectivity index (χ4n) is 2.60. The van der Waals surface area contributed by atoms with Crippen molar-refractivity contribution in [2.45, 2.75) is 44.6 Å². The van der Waals surface area contributed by atoms with Gasteiger partial charge in [-0.1, -0.05) is 6.07 Å². The van der Waals surface area contributed by atoms with E-state index in [0.29, 0.717) is 10.8 Å². The molecular formula is C15H25ClN2O2S. The summed E-state index contributed by atoms with van der Waals surface area (Å²) in [5.74, 6) is 0.366. The number of hydrogen-bond donors (Lipinski definition) is 2. The average Bonchev–Trinajstić information content (AvgIpc) is 2.42. The third-order valence-electron chi connectivity index (χ3n) is 4.17. The highest BCUT2D eigenvalue weighted by Gasteiger charge is 2.25. The van der Waals surface area contributed by atoms with E-state index in [2.05, 4.69) is 10.0 Å². The minimum Gasteiger partial charge on any atom is -0.316 e. The van der Waals surface area contributed by atoms with Crippen molar-refractivity contribution < 1.29 is 8.42 Å². The van der Waals surface area contributed by atoms with Crippen molar-refractivity contribution in [2.24, 2.45) is 5.92 Å². The van der Waals surface area contributed by atoms with Crippen LogP contribution in [0.25, 0.3) is 0 Å². The van der Waals surface area contributed by atoms with Crippen LogP contribution in [0.1, 0.15) is 30.9 Å². The summed E-state index contributed by atoms with van der Waals surface area (Å²) in [6.45, 7) is 7.79. The fraction of sp³-hybridized carbons (Fsp3) is 0.600. The Hall–Kier alpha value is -0.620. The Kier molecular flexibility index (Phi) is 6.66. The van der Waals surface area contributed by atoms with Gasteiger partial charge in [-0.25, -0.2) is 13.1 Å². The second-order valence-corrected chi connectivity index (χ2v) is 7.48. The molecule has 0 amide bonds. The molecule has 1 heterocycles. The lowest BCUT2D eigenvalue weighted by Crippen LogP contribution is -2.44. The smallest absolute Gasteiger partial charge is 0.240 e. The third kappa shape index (κ3) is 4.68. The summed E-state index contributed by atoms with van der Waals surface area (Å²) in [6.07, 6.45) is 2.18. The van der Waals surface area contributed by atoms with E-state index in [-0.39, 0.29) is 18.4 Å². The van der Waals surface area contributed by atoms with Gasteiger partial charge in [0.25, 0.3) is 0 Å². The van der Waals surface area contributed by atoms with Gasteiger partial charge >= 0.3 is 0 Å². The molecule has 2 rings (SSSR count). The minimum absolute atomic E-state index is 0. The molecule has 120 valence electrons. The van der Waals surface area contributed by atoms with Crippen LogP contribution >= 0.6 is 12.4 Å². The summed E-state index contributed by atoms with van der Waals surface area (Å²) in [5.41, 5.74) is 2.10. The summed E-state index contributed by atoms with van der Waals surface area (Å²) in [7, 11) is -3.43. The number of rotatable bonds is 4. The van der Waals surface area contributed by atoms with Crippen molar-refractivity contribution in [1.29, 1.82) is 0 Å². The topological polar surface area (TPSA) is 58.2 Å². The molecule has 2 atom stereocenters. The molecule has 1 aliphatic rings. The normalized spacial score (nSPS) is 20.6. The van der Waals surface area contributed by atoms with Gasteiger partial charge in [0.05, 0.1) is 4.90 Å². The Labute approximate surface area is 134 Å². The maximum absolute atomic E-state index is 12.4. The van der Waals surface area contributed by atoms with Crippen LogP contribution < -0.4 is 10.0 Å². The van der Waals surface area contributed by atoms with Gasteiger partial charge in [0.2, 0.25) is 10.0 Å². The first-order valence-electron chi connectivity index (χ1n) is 7.20. The molecular weight excluding hydrogens is 308 g/mol. The van der Waals surface area contributed by atoms with Crippen molar-refractivity contribution in [3.63, 3.8) is 0 Å². The Balaban J connectivity index is 0.00000220. The lowest BCUT2D eigenvalue weighted by atomic mass is 9.94. The summed E-state index contributed by atoms with van der Waals surface area (Å²) in [5, 5.41) is 3.32. The summed E-state index contributed by atoms with van der Waals surface area (Å²) < 4.78 is 27.7. The lowest BCUT2D eigenvalue weighted by molar-refractivity contribution is 0.320. The van der Waals surface area contributed by atoms with Crippen LogP contribution in [0.15, 0.2) is 23.1 Å². The Bertz CT molecular complexity index is 569. The lowest BCUT2D eigenvalue weighted by Gasteiger charge is -2.28. The van der Waals surface area contributed by atoms with Gasteiger partial charge in [-0.05, 0) is 75.9 Å². The highest BCUT2D eigenvalue weighted by Crippen LogP contribution is 2.18. The number of piperidine rings is 1. The predicted molar refractivity (Wildman–Crippen MR) is 88.5 cm³/mol. The number of hydrogen-bond acceptors (Lipinski definition) is 3. The first kappa shape index (κ1) is 18.4. The van der Waals surface area contributed by atoms with Gasteiger partial charge in [-0.2, -0.15) is 0 Å². The first-order chi connectivity index (χ1) is 9.40. The van der Waals surface area contributed by atoms with E-state index >= 15 is 0 Å². The zero-order valence-corrected chi connectivity index (χ0v) is 14.5. The van der Waals surface area contributed by atoms with Crippen molar-refractivity contribution >= 4 is 22.4 Å². The molecule has 0 bridgehead atoms. The summed E-state index contributed by atoms with van der Waals surface area (Å²) in [6, 6.07) is 5.23. The second-order valence-electron chi connectivity index (χ2n) is 5.76. The van der Waals surface area contributed by atoms with Crippen LogP contribution in [0, 0.1) is 19.8 Å². The van der Waals surface area contributed by atoms with E-state index < -0.39 is 10.0 Å². The number of sulfonamides is 1. The molecule has 1 fully saturated rings. The van der Waals surface area contributed by atoms with Crippen LogP contribution in [-0.4, -0.2) is 27.5 Å². The van der Waals surface area contributed by atoms with Crippen LogP contribution in [0.5, 0.6) is 0 Å². The molecule has 0 radical (unpaired) electrons. The molecule has 2 N–H and O–H groups in total. The van der Waals surface area contributed by atoms with E-state index in [0.717, 1.165) is 37.1 Å². The number of nitrogens with one attached hydrogen (secondary N) is 2. The second kappa shape index (κ2) is 7.58. The largest absolute Gasteiger partial charge is 0.316 e. The standard InChI is InChI=1S/C15H24N2O2S.ClH/c1-11-6-7-15(9-12(11)2)20(18,19)17-13(3)14-5-4-8-16-10-14;/h6-7,9,13-14,16-17H,4-5,8,10H2,1-3H3;1H. The average molecular weight is 333 g/mol. The molecule has 1 aromatic rings. The number of benzene rings is 1. The zero-order chi connectivity index (χ0) is 14.8. The molecule has 2 unspecified atom stereocenters. The molecule has 0 spiro atoms. The van der Waals surface area contributed by atoms with E-state index in [1.165, 1.54) is 0 Å². The van der Waals surface area contributed by atoms with Crippen LogP contribution in [0.2, 0.25) is 0 Å². The Morgan fingerprint density at radius 3 is 2.57 bits per heavy atom. The van der Waals surface area contributed by atoms with Crippen LogP contribution in [0.3, 0.4) is 0 Å². The van der Waals surface area contributed by atoms with E-state index in [9.17, 15) is 8.42 Å². The van der Waals surface area contributed by atoms with Crippen LogP contribution in [-0.2, 0) is 10.0 Å². The molecule has 0 saturated carbocycles. The zero-order valence-electron chi connectivity index (χ0n) is 12.8. The van der Waals surface area contributed by atoms with Gasteiger partial charge in [0, 0.05) is 6.04 Å². The number of halogens is 1. The molecule has 4 nitrogen and oxygen atoms in total. The van der Waals surface area contributed by atoms with Crippen LogP contribution in [0.4, 0.5) is 0 Å². The fourth-order valence-corrected chi connectivity index (χ4v) is 3.99. The Morgan fingerprint density at radius 2 is 2.00 bits per heavy atom. The third-order valence-corrected chi connectivity index (χ3v) is 5.73.